The van der Waals surface area contributed by atoms with Gasteiger partial charge in [0.1, 0.15) is 5.75 Å². The summed E-state index contributed by atoms with van der Waals surface area (Å²) in [5, 5.41) is 14.6. The maximum absolute atomic E-state index is 12.4. The maximum atomic E-state index is 12.4. The number of aromatic nitrogens is 1. The zero-order valence-corrected chi connectivity index (χ0v) is 19.6. The summed E-state index contributed by atoms with van der Waals surface area (Å²) < 4.78 is 11.5. The summed E-state index contributed by atoms with van der Waals surface area (Å²) in [6.45, 7) is 1.24. The van der Waals surface area contributed by atoms with E-state index in [1.54, 1.807) is 36.4 Å². The zero-order chi connectivity index (χ0) is 24.6. The smallest absolute Gasteiger partial charge is 0.306 e. The van der Waals surface area contributed by atoms with Crippen LogP contribution in [0.1, 0.15) is 59.2 Å². The van der Waals surface area contributed by atoms with Crippen molar-refractivity contribution in [1.82, 2.24) is 15.6 Å². The number of rotatable bonds is 11. The fraction of sp³-hybridized carbons (Fsp3) is 0.462. The van der Waals surface area contributed by atoms with Crippen molar-refractivity contribution in [3.05, 3.63) is 53.7 Å². The number of aliphatic carboxylic acids is 1. The molecule has 0 bridgehead atoms. The van der Waals surface area contributed by atoms with Gasteiger partial charge in [-0.25, -0.2) is 4.98 Å². The van der Waals surface area contributed by atoms with Gasteiger partial charge in [0.05, 0.1) is 24.2 Å². The van der Waals surface area contributed by atoms with Crippen LogP contribution >= 0.6 is 0 Å². The first kappa shape index (κ1) is 24.5. The lowest BCUT2D eigenvalue weighted by atomic mass is 9.87. The third-order valence-corrected chi connectivity index (χ3v) is 6.30. The fourth-order valence-electron chi connectivity index (χ4n) is 3.95. The number of carboxylic acids is 1. The highest BCUT2D eigenvalue weighted by Gasteiger charge is 2.27. The van der Waals surface area contributed by atoms with Crippen LogP contribution < -0.4 is 20.1 Å². The van der Waals surface area contributed by atoms with E-state index in [9.17, 15) is 14.4 Å². The van der Waals surface area contributed by atoms with Crippen molar-refractivity contribution in [2.75, 3.05) is 19.7 Å². The Bertz CT molecular complexity index is 1010. The van der Waals surface area contributed by atoms with Crippen LogP contribution in [0, 0.1) is 11.8 Å². The molecule has 2 aromatic rings. The molecule has 0 spiro atoms. The zero-order valence-electron chi connectivity index (χ0n) is 19.6. The summed E-state index contributed by atoms with van der Waals surface area (Å²) >= 11 is 0. The second-order valence-electron chi connectivity index (χ2n) is 9.11. The van der Waals surface area contributed by atoms with Crippen molar-refractivity contribution in [3.63, 3.8) is 0 Å². The van der Waals surface area contributed by atoms with Gasteiger partial charge in [0, 0.05) is 30.9 Å². The largest absolute Gasteiger partial charge is 0.490 e. The van der Waals surface area contributed by atoms with Gasteiger partial charge in [0.2, 0.25) is 5.88 Å². The van der Waals surface area contributed by atoms with E-state index in [4.69, 9.17) is 14.6 Å². The molecule has 0 atom stereocenters. The fourth-order valence-corrected chi connectivity index (χ4v) is 3.95. The van der Waals surface area contributed by atoms with Crippen LogP contribution in [-0.2, 0) is 4.79 Å². The molecule has 35 heavy (non-hydrogen) atoms. The van der Waals surface area contributed by atoms with Crippen LogP contribution in [0.25, 0.3) is 0 Å². The molecular weight excluding hydrogens is 450 g/mol. The highest BCUT2D eigenvalue weighted by Crippen LogP contribution is 2.29. The molecule has 2 saturated carbocycles. The van der Waals surface area contributed by atoms with Gasteiger partial charge < -0.3 is 25.2 Å². The molecule has 2 amide bonds. The number of pyridine rings is 1. The highest BCUT2D eigenvalue weighted by atomic mass is 16.5. The van der Waals surface area contributed by atoms with Gasteiger partial charge in [-0.3, -0.25) is 14.4 Å². The van der Waals surface area contributed by atoms with Gasteiger partial charge in [-0.15, -0.1) is 0 Å². The van der Waals surface area contributed by atoms with E-state index in [1.807, 2.05) is 0 Å². The Kier molecular flexibility index (Phi) is 8.18. The van der Waals surface area contributed by atoms with Gasteiger partial charge >= 0.3 is 5.97 Å². The summed E-state index contributed by atoms with van der Waals surface area (Å²) in [6.07, 6.45) is 6.54. The minimum absolute atomic E-state index is 0.00411. The molecule has 2 fully saturated rings. The van der Waals surface area contributed by atoms with E-state index in [0.717, 1.165) is 0 Å². The number of carbonyl (C=O) groups is 3. The van der Waals surface area contributed by atoms with Crippen molar-refractivity contribution < 1.29 is 29.0 Å². The molecule has 9 heteroatoms. The summed E-state index contributed by atoms with van der Waals surface area (Å²) in [7, 11) is 0. The Morgan fingerprint density at radius 2 is 1.49 bits per heavy atom. The molecular formula is C26H31N3O6. The molecule has 1 heterocycles. The molecule has 3 N–H and O–H groups in total. The lowest BCUT2D eigenvalue weighted by Crippen LogP contribution is -2.34. The number of amides is 2. The van der Waals surface area contributed by atoms with Crippen LogP contribution in [0.5, 0.6) is 11.6 Å². The molecule has 4 rings (SSSR count). The Morgan fingerprint density at radius 1 is 0.857 bits per heavy atom. The maximum Gasteiger partial charge on any atom is 0.306 e. The summed E-state index contributed by atoms with van der Waals surface area (Å²) in [5.74, 6) is 0.287. The number of ether oxygens (including phenoxy) is 2. The minimum Gasteiger partial charge on any atom is -0.490 e. The first-order chi connectivity index (χ1) is 17.0. The van der Waals surface area contributed by atoms with Crippen molar-refractivity contribution in [3.8, 4) is 11.6 Å². The van der Waals surface area contributed by atoms with E-state index in [2.05, 4.69) is 15.6 Å². The normalized spacial score (nSPS) is 19.4. The van der Waals surface area contributed by atoms with Crippen molar-refractivity contribution in [1.29, 1.82) is 0 Å². The Morgan fingerprint density at radius 3 is 2.06 bits per heavy atom. The number of hydrogen-bond donors (Lipinski definition) is 3. The number of hydrogen-bond acceptors (Lipinski definition) is 6. The molecule has 2 aliphatic carbocycles. The molecule has 0 saturated heterocycles. The van der Waals surface area contributed by atoms with Crippen molar-refractivity contribution >= 4 is 17.8 Å². The van der Waals surface area contributed by atoms with E-state index in [-0.39, 0.29) is 36.9 Å². The summed E-state index contributed by atoms with van der Waals surface area (Å²) in [6, 6.07) is 10.2. The molecule has 1 aromatic carbocycles. The van der Waals surface area contributed by atoms with Gasteiger partial charge in [0.15, 0.2) is 0 Å². The van der Waals surface area contributed by atoms with Crippen molar-refractivity contribution in [2.45, 2.75) is 44.6 Å². The third kappa shape index (κ3) is 7.43. The van der Waals surface area contributed by atoms with E-state index < -0.39 is 5.97 Å². The SMILES string of the molecule is O=C(NCCNC(=O)c1ccc(OCC2CC2)nc1)c1ccc(O[C@H]2CC[C@@H](C(=O)O)CC2)cc1. The Hall–Kier alpha value is -3.62. The van der Waals surface area contributed by atoms with Crippen LogP contribution in [0.2, 0.25) is 0 Å². The standard InChI is InChI=1S/C26H31N3O6/c30-24(18-3-8-21(9-4-18)35-22-10-5-19(6-11-22)26(32)33)27-13-14-28-25(31)20-7-12-23(29-15-20)34-16-17-1-2-17/h3-4,7-9,12,15,17,19,22H,1-2,5-6,10-11,13-14,16H2,(H,27,30)(H,28,31)(H,32,33)/t19-,22+. The minimum atomic E-state index is -0.737. The molecule has 2 aliphatic rings. The molecule has 1 aromatic heterocycles. The van der Waals surface area contributed by atoms with E-state index in [1.165, 1.54) is 19.0 Å². The van der Waals surface area contributed by atoms with Gasteiger partial charge in [-0.1, -0.05) is 0 Å². The number of carboxylic acid groups (broad SMARTS) is 1. The third-order valence-electron chi connectivity index (χ3n) is 6.30. The summed E-state index contributed by atoms with van der Waals surface area (Å²) in [4.78, 5) is 39.8. The van der Waals surface area contributed by atoms with Gasteiger partial charge in [-0.05, 0) is 74.8 Å². The van der Waals surface area contributed by atoms with Gasteiger partial charge in [-0.2, -0.15) is 0 Å². The quantitative estimate of drug-likeness (QED) is 0.421. The Labute approximate surface area is 204 Å². The molecule has 0 unspecified atom stereocenters. The predicted molar refractivity (Wildman–Crippen MR) is 128 cm³/mol. The van der Waals surface area contributed by atoms with Crippen molar-refractivity contribution in [2.24, 2.45) is 11.8 Å². The van der Waals surface area contributed by atoms with Crippen LogP contribution in [0.15, 0.2) is 42.6 Å². The number of nitrogens with zero attached hydrogens (tertiary/aromatic N) is 1. The lowest BCUT2D eigenvalue weighted by molar-refractivity contribution is -0.143. The average Bonchev–Trinajstić information content (AvgIpc) is 3.71. The van der Waals surface area contributed by atoms with Gasteiger partial charge in [0.25, 0.3) is 11.8 Å². The Balaban J connectivity index is 1.13. The topological polar surface area (TPSA) is 127 Å². The lowest BCUT2D eigenvalue weighted by Gasteiger charge is -2.26. The first-order valence-electron chi connectivity index (χ1n) is 12.1. The molecule has 0 radical (unpaired) electrons. The second-order valence-corrected chi connectivity index (χ2v) is 9.11. The number of nitrogens with one attached hydrogen (secondary N) is 2. The van der Waals surface area contributed by atoms with Crippen LogP contribution in [-0.4, -0.2) is 53.7 Å². The van der Waals surface area contributed by atoms with E-state index in [0.29, 0.717) is 61.0 Å². The van der Waals surface area contributed by atoms with Crippen LogP contribution in [0.4, 0.5) is 0 Å². The number of carbonyl (C=O) groups excluding carboxylic acids is 2. The van der Waals surface area contributed by atoms with Crippen LogP contribution in [0.3, 0.4) is 0 Å². The first-order valence-corrected chi connectivity index (χ1v) is 12.1. The van der Waals surface area contributed by atoms with E-state index >= 15 is 0 Å². The second kappa shape index (κ2) is 11.7. The molecule has 9 nitrogen and oxygen atoms in total. The summed E-state index contributed by atoms with van der Waals surface area (Å²) in [5.41, 5.74) is 0.923. The molecule has 186 valence electrons. The average molecular weight is 482 g/mol. The predicted octanol–water partition coefficient (Wildman–Crippen LogP) is 3.05. The molecule has 0 aliphatic heterocycles. The monoisotopic (exact) mass is 481 g/mol. The highest BCUT2D eigenvalue weighted by molar-refractivity contribution is 5.95. The number of benzene rings is 1.